The number of ether oxygens (including phenoxy) is 1. The van der Waals surface area contributed by atoms with Crippen LogP contribution in [0.2, 0.25) is 0 Å². The lowest BCUT2D eigenvalue weighted by Gasteiger charge is -2.36. The van der Waals surface area contributed by atoms with Gasteiger partial charge in [0.2, 0.25) is 5.82 Å². The van der Waals surface area contributed by atoms with Crippen LogP contribution in [-0.2, 0) is 6.42 Å². The number of thiocarbonyl (C=S) groups is 1. The van der Waals surface area contributed by atoms with E-state index in [9.17, 15) is 0 Å². The van der Waals surface area contributed by atoms with Gasteiger partial charge in [0.15, 0.2) is 5.11 Å². The van der Waals surface area contributed by atoms with Crippen molar-refractivity contribution in [1.82, 2.24) is 20.4 Å². The van der Waals surface area contributed by atoms with E-state index < -0.39 is 0 Å². The molecule has 2 aromatic carbocycles. The molecule has 1 atom stereocenters. The summed E-state index contributed by atoms with van der Waals surface area (Å²) in [6.45, 7) is 7.03. The van der Waals surface area contributed by atoms with Crippen molar-refractivity contribution in [2.24, 2.45) is 0 Å². The Morgan fingerprint density at radius 3 is 2.42 bits per heavy atom. The maximum absolute atomic E-state index is 5.75. The highest BCUT2D eigenvalue weighted by atomic mass is 32.1. The van der Waals surface area contributed by atoms with Crippen molar-refractivity contribution in [2.45, 2.75) is 33.2 Å². The van der Waals surface area contributed by atoms with Gasteiger partial charge in [0, 0.05) is 17.8 Å². The van der Waals surface area contributed by atoms with Gasteiger partial charge in [-0.3, -0.25) is 0 Å². The number of allylic oxidation sites excluding steroid dienone is 1. The predicted octanol–water partition coefficient (Wildman–Crippen LogP) is 4.99. The number of aromatic nitrogens is 2. The molecule has 31 heavy (non-hydrogen) atoms. The zero-order valence-corrected chi connectivity index (χ0v) is 19.0. The average molecular weight is 435 g/mol. The summed E-state index contributed by atoms with van der Waals surface area (Å²) in [6.07, 6.45) is 0.997. The molecule has 0 amide bonds. The van der Waals surface area contributed by atoms with Gasteiger partial charge in [-0.1, -0.05) is 36.3 Å². The number of benzene rings is 2. The van der Waals surface area contributed by atoms with Crippen molar-refractivity contribution in [3.63, 3.8) is 0 Å². The van der Waals surface area contributed by atoms with E-state index >= 15 is 0 Å². The van der Waals surface area contributed by atoms with Crippen molar-refractivity contribution in [3.8, 4) is 17.1 Å². The summed E-state index contributed by atoms with van der Waals surface area (Å²) < 4.78 is 11.0. The molecule has 0 radical (unpaired) electrons. The van der Waals surface area contributed by atoms with Gasteiger partial charge in [0.25, 0.3) is 5.89 Å². The molecule has 2 heterocycles. The predicted molar refractivity (Wildman–Crippen MR) is 126 cm³/mol. The summed E-state index contributed by atoms with van der Waals surface area (Å²) in [5.74, 6) is 1.81. The minimum Gasteiger partial charge on any atom is -0.497 e. The summed E-state index contributed by atoms with van der Waals surface area (Å²) in [7, 11) is 1.64. The highest BCUT2D eigenvalue weighted by Gasteiger charge is 2.33. The van der Waals surface area contributed by atoms with Crippen LogP contribution in [0, 0.1) is 0 Å². The SMILES string of the molecule is CCc1ccc(C2NC(=S)N(CC)C(C)=C2c2nc(-c3ccc(OC)cc3)no2)cc1. The van der Waals surface area contributed by atoms with Crippen LogP contribution in [0.4, 0.5) is 0 Å². The lowest BCUT2D eigenvalue weighted by molar-refractivity contribution is 0.398. The van der Waals surface area contributed by atoms with E-state index in [1.807, 2.05) is 24.3 Å². The topological polar surface area (TPSA) is 63.4 Å². The molecule has 0 saturated heterocycles. The van der Waals surface area contributed by atoms with E-state index in [1.165, 1.54) is 5.56 Å². The third-order valence-electron chi connectivity index (χ3n) is 5.64. The number of nitrogens with one attached hydrogen (secondary N) is 1. The smallest absolute Gasteiger partial charge is 0.258 e. The molecular formula is C24H26N4O2S. The Labute approximate surface area is 187 Å². The van der Waals surface area contributed by atoms with E-state index in [2.05, 4.69) is 60.4 Å². The van der Waals surface area contributed by atoms with Gasteiger partial charge in [-0.25, -0.2) is 0 Å². The first-order valence-corrected chi connectivity index (χ1v) is 10.8. The molecule has 1 aromatic heterocycles. The maximum atomic E-state index is 5.75. The standard InChI is InChI=1S/C24H26N4O2S/c1-5-16-7-9-17(10-8-16)21-20(15(3)28(6-2)24(31)25-21)23-26-22(27-30-23)18-11-13-19(29-4)14-12-18/h7-14,21H,5-6H2,1-4H3,(H,25,31). The minimum atomic E-state index is -0.162. The van der Waals surface area contributed by atoms with Crippen LogP contribution < -0.4 is 10.1 Å². The van der Waals surface area contributed by atoms with Gasteiger partial charge in [0.05, 0.1) is 18.7 Å². The van der Waals surface area contributed by atoms with Gasteiger partial charge in [-0.15, -0.1) is 0 Å². The molecule has 0 aliphatic carbocycles. The van der Waals surface area contributed by atoms with Gasteiger partial charge in [0.1, 0.15) is 5.75 Å². The van der Waals surface area contributed by atoms with Crippen LogP contribution in [0.1, 0.15) is 43.8 Å². The Kier molecular flexibility index (Phi) is 6.04. The number of aryl methyl sites for hydroxylation is 1. The fourth-order valence-corrected chi connectivity index (χ4v) is 4.21. The fourth-order valence-electron chi connectivity index (χ4n) is 3.83. The van der Waals surface area contributed by atoms with Crippen molar-refractivity contribution >= 4 is 22.9 Å². The molecule has 7 heteroatoms. The number of rotatable bonds is 6. The van der Waals surface area contributed by atoms with E-state index in [0.29, 0.717) is 16.8 Å². The van der Waals surface area contributed by atoms with Crippen LogP contribution in [0.3, 0.4) is 0 Å². The third kappa shape index (κ3) is 4.05. The van der Waals surface area contributed by atoms with Crippen LogP contribution in [0.15, 0.2) is 58.8 Å². The summed E-state index contributed by atoms with van der Waals surface area (Å²) in [4.78, 5) is 6.78. The van der Waals surface area contributed by atoms with E-state index in [-0.39, 0.29) is 6.04 Å². The number of methoxy groups -OCH3 is 1. The monoisotopic (exact) mass is 434 g/mol. The molecule has 1 N–H and O–H groups in total. The summed E-state index contributed by atoms with van der Waals surface area (Å²) in [6, 6.07) is 16.0. The fraction of sp³-hybridized carbons (Fsp3) is 0.292. The molecule has 0 bridgehead atoms. The Hall–Kier alpha value is -3.19. The van der Waals surface area contributed by atoms with E-state index in [0.717, 1.165) is 41.1 Å². The Morgan fingerprint density at radius 1 is 1.10 bits per heavy atom. The Bertz CT molecular complexity index is 1100. The molecule has 1 unspecified atom stereocenters. The summed E-state index contributed by atoms with van der Waals surface area (Å²) in [5, 5.41) is 8.40. The van der Waals surface area contributed by atoms with Crippen LogP contribution in [0.25, 0.3) is 17.0 Å². The van der Waals surface area contributed by atoms with Gasteiger partial charge in [-0.05, 0) is 67.9 Å². The number of hydrogen-bond acceptors (Lipinski definition) is 5. The number of nitrogens with zero attached hydrogens (tertiary/aromatic N) is 3. The third-order valence-corrected chi connectivity index (χ3v) is 5.98. The minimum absolute atomic E-state index is 0.162. The first-order valence-electron chi connectivity index (χ1n) is 10.4. The molecule has 1 aliphatic heterocycles. The molecule has 3 aromatic rings. The average Bonchev–Trinajstić information content (AvgIpc) is 3.29. The van der Waals surface area contributed by atoms with E-state index in [1.54, 1.807) is 7.11 Å². The quantitative estimate of drug-likeness (QED) is 0.548. The zero-order valence-electron chi connectivity index (χ0n) is 18.2. The van der Waals surface area contributed by atoms with Crippen LogP contribution in [-0.4, -0.2) is 33.8 Å². The highest BCUT2D eigenvalue weighted by molar-refractivity contribution is 7.80. The lowest BCUT2D eigenvalue weighted by atomic mass is 9.94. The first-order chi connectivity index (χ1) is 15.0. The second kappa shape index (κ2) is 8.89. The molecule has 1 aliphatic rings. The van der Waals surface area contributed by atoms with Crippen LogP contribution >= 0.6 is 12.2 Å². The molecule has 0 spiro atoms. The highest BCUT2D eigenvalue weighted by Crippen LogP contribution is 2.37. The molecule has 160 valence electrons. The van der Waals surface area contributed by atoms with Gasteiger partial charge in [-0.2, -0.15) is 4.98 Å². The summed E-state index contributed by atoms with van der Waals surface area (Å²) in [5.41, 5.74) is 5.21. The molecule has 0 fully saturated rings. The van der Waals surface area contributed by atoms with Crippen molar-refractivity contribution in [2.75, 3.05) is 13.7 Å². The maximum Gasteiger partial charge on any atom is 0.258 e. The van der Waals surface area contributed by atoms with Crippen molar-refractivity contribution in [3.05, 3.63) is 71.2 Å². The second-order valence-corrected chi connectivity index (χ2v) is 7.76. The molecule has 0 saturated carbocycles. The molecular weight excluding hydrogens is 408 g/mol. The van der Waals surface area contributed by atoms with Crippen LogP contribution in [0.5, 0.6) is 5.75 Å². The zero-order chi connectivity index (χ0) is 22.0. The largest absolute Gasteiger partial charge is 0.497 e. The molecule has 6 nitrogen and oxygen atoms in total. The van der Waals surface area contributed by atoms with Crippen molar-refractivity contribution in [1.29, 1.82) is 0 Å². The normalized spacial score (nSPS) is 16.5. The van der Waals surface area contributed by atoms with Gasteiger partial charge >= 0.3 is 0 Å². The molecule has 4 rings (SSSR count). The lowest BCUT2D eigenvalue weighted by Crippen LogP contribution is -2.45. The van der Waals surface area contributed by atoms with Gasteiger partial charge < -0.3 is 19.5 Å². The Balaban J connectivity index is 1.76. The van der Waals surface area contributed by atoms with Crippen molar-refractivity contribution < 1.29 is 9.26 Å². The second-order valence-electron chi connectivity index (χ2n) is 7.37. The van der Waals surface area contributed by atoms with E-state index in [4.69, 9.17) is 26.5 Å². The Morgan fingerprint density at radius 2 is 1.81 bits per heavy atom. The number of hydrogen-bond donors (Lipinski definition) is 1. The first kappa shape index (κ1) is 21.1. The summed E-state index contributed by atoms with van der Waals surface area (Å²) >= 11 is 5.64.